The van der Waals surface area contributed by atoms with Crippen molar-refractivity contribution in [2.24, 2.45) is 11.1 Å². The van der Waals surface area contributed by atoms with Gasteiger partial charge in [-0.25, -0.2) is 9.67 Å². The molecule has 226 valence electrons. The number of amides is 1. The van der Waals surface area contributed by atoms with Crippen LogP contribution in [0.25, 0.3) is 5.82 Å². The molecule has 1 spiro atoms. The van der Waals surface area contributed by atoms with Crippen LogP contribution < -0.4 is 15.8 Å². The fraction of sp³-hybridized carbons (Fsp3) is 0.613. The molecule has 5 rings (SSSR count). The molecule has 2 aliphatic carbocycles. The van der Waals surface area contributed by atoms with Gasteiger partial charge in [0, 0.05) is 42.0 Å². The number of likely N-dealkylation sites (N-methyl/N-ethyl adjacent to an activating group) is 1. The Bertz CT molecular complexity index is 1380. The summed E-state index contributed by atoms with van der Waals surface area (Å²) in [6.45, 7) is 6.82. The van der Waals surface area contributed by atoms with Crippen molar-refractivity contribution in [3.05, 3.63) is 41.1 Å². The molecule has 3 aliphatic rings. The zero-order valence-corrected chi connectivity index (χ0v) is 25.2. The standard InChI is InChI=1S/C31H43N7O4/c1-19(2)33-26(40)17-21-12-16-38(36-21)25-18-27(42-20(3)23-10-8-15-37(23)4)35-30(34-25)28(41)22-9-7-14-31(29(22)32)13-6-5-11-24(31)39/h12,16,18-20,23H,5-11,13-15,17,32H2,1-4H3,(H,33,40)/t20-,23-,31+/m0/s1. The number of allylic oxidation sites excluding steroid dienone is 2. The van der Waals surface area contributed by atoms with Crippen molar-refractivity contribution < 1.29 is 19.1 Å². The molecule has 42 heavy (non-hydrogen) atoms. The molecule has 1 amide bonds. The summed E-state index contributed by atoms with van der Waals surface area (Å²) in [7, 11) is 2.08. The van der Waals surface area contributed by atoms with Crippen LogP contribution in [0.15, 0.2) is 29.6 Å². The van der Waals surface area contributed by atoms with E-state index < -0.39 is 5.41 Å². The van der Waals surface area contributed by atoms with E-state index in [1.165, 1.54) is 4.68 Å². The van der Waals surface area contributed by atoms with Crippen molar-refractivity contribution in [2.45, 2.75) is 103 Å². The average Bonchev–Trinajstić information content (AvgIpc) is 3.59. The Labute approximate surface area is 247 Å². The van der Waals surface area contributed by atoms with E-state index in [0.29, 0.717) is 54.9 Å². The molecular weight excluding hydrogens is 534 g/mol. The van der Waals surface area contributed by atoms with Gasteiger partial charge in [-0.3, -0.25) is 19.3 Å². The van der Waals surface area contributed by atoms with E-state index in [9.17, 15) is 14.4 Å². The molecule has 2 aromatic rings. The maximum absolute atomic E-state index is 14.0. The smallest absolute Gasteiger partial charge is 0.228 e. The van der Waals surface area contributed by atoms with Gasteiger partial charge in [0.05, 0.1) is 17.5 Å². The van der Waals surface area contributed by atoms with Gasteiger partial charge in [-0.05, 0) is 85.4 Å². The molecule has 2 fully saturated rings. The highest BCUT2D eigenvalue weighted by Gasteiger charge is 2.46. The third kappa shape index (κ3) is 6.11. The average molecular weight is 578 g/mol. The second kappa shape index (κ2) is 12.3. The van der Waals surface area contributed by atoms with Crippen LogP contribution in [-0.2, 0) is 16.0 Å². The van der Waals surface area contributed by atoms with Crippen LogP contribution >= 0.6 is 0 Å². The van der Waals surface area contributed by atoms with Gasteiger partial charge in [-0.1, -0.05) is 6.42 Å². The third-order valence-electron chi connectivity index (χ3n) is 8.92. The van der Waals surface area contributed by atoms with E-state index in [4.69, 9.17) is 10.5 Å². The summed E-state index contributed by atoms with van der Waals surface area (Å²) < 4.78 is 7.85. The first kappa shape index (κ1) is 29.9. The number of hydrogen-bond donors (Lipinski definition) is 2. The highest BCUT2D eigenvalue weighted by Crippen LogP contribution is 2.47. The van der Waals surface area contributed by atoms with Crippen LogP contribution in [0.5, 0.6) is 5.88 Å². The second-order valence-corrected chi connectivity index (χ2v) is 12.3. The number of nitrogens with zero attached hydrogens (tertiary/aromatic N) is 5. The van der Waals surface area contributed by atoms with Crippen LogP contribution in [0.3, 0.4) is 0 Å². The fourth-order valence-electron chi connectivity index (χ4n) is 6.75. The van der Waals surface area contributed by atoms with E-state index in [1.54, 1.807) is 18.3 Å². The maximum atomic E-state index is 14.0. The molecule has 0 radical (unpaired) electrons. The quantitative estimate of drug-likeness (QED) is 0.429. The van der Waals surface area contributed by atoms with Gasteiger partial charge in [0.15, 0.2) is 5.82 Å². The van der Waals surface area contributed by atoms with Gasteiger partial charge in [0.25, 0.3) is 0 Å². The summed E-state index contributed by atoms with van der Waals surface area (Å²) in [5.74, 6) is 0.204. The third-order valence-corrected chi connectivity index (χ3v) is 8.92. The van der Waals surface area contributed by atoms with Crippen molar-refractivity contribution in [1.29, 1.82) is 0 Å². The van der Waals surface area contributed by atoms with Gasteiger partial charge in [0.1, 0.15) is 11.9 Å². The number of carbonyl (C=O) groups is 3. The van der Waals surface area contributed by atoms with E-state index in [0.717, 1.165) is 32.2 Å². The van der Waals surface area contributed by atoms with Gasteiger partial charge in [-0.2, -0.15) is 10.1 Å². The normalized spacial score (nSPS) is 23.9. The Kier molecular flexibility index (Phi) is 8.77. The lowest BCUT2D eigenvalue weighted by Gasteiger charge is -2.40. The highest BCUT2D eigenvalue weighted by molar-refractivity contribution is 6.08. The van der Waals surface area contributed by atoms with E-state index in [2.05, 4.69) is 32.3 Å². The molecule has 11 heteroatoms. The van der Waals surface area contributed by atoms with E-state index >= 15 is 0 Å². The molecule has 1 aliphatic heterocycles. The Balaban J connectivity index is 1.49. The van der Waals surface area contributed by atoms with Crippen LogP contribution in [-0.4, -0.2) is 73.9 Å². The van der Waals surface area contributed by atoms with Crippen LogP contribution in [0, 0.1) is 5.41 Å². The van der Waals surface area contributed by atoms with Gasteiger partial charge < -0.3 is 15.8 Å². The lowest BCUT2D eigenvalue weighted by Crippen LogP contribution is -2.42. The molecule has 11 nitrogen and oxygen atoms in total. The largest absolute Gasteiger partial charge is 0.473 e. The second-order valence-electron chi connectivity index (χ2n) is 12.3. The maximum Gasteiger partial charge on any atom is 0.228 e. The number of rotatable bonds is 9. The van der Waals surface area contributed by atoms with Gasteiger partial charge in [0.2, 0.25) is 23.4 Å². The first-order valence-corrected chi connectivity index (χ1v) is 15.2. The lowest BCUT2D eigenvalue weighted by molar-refractivity contribution is -0.130. The number of likely N-dealkylation sites (tertiary alicyclic amines) is 1. The monoisotopic (exact) mass is 577 g/mol. The zero-order chi connectivity index (χ0) is 30.0. The first-order valence-electron chi connectivity index (χ1n) is 15.2. The predicted molar refractivity (Wildman–Crippen MR) is 157 cm³/mol. The van der Waals surface area contributed by atoms with Crippen LogP contribution in [0.2, 0.25) is 0 Å². The number of ketones is 2. The number of hydrogen-bond acceptors (Lipinski definition) is 9. The summed E-state index contributed by atoms with van der Waals surface area (Å²) in [6.07, 6.45) is 8.59. The molecule has 3 heterocycles. The molecule has 0 unspecified atom stereocenters. The Morgan fingerprint density at radius 1 is 1.14 bits per heavy atom. The molecule has 0 bridgehead atoms. The summed E-state index contributed by atoms with van der Waals surface area (Å²) in [4.78, 5) is 50.8. The Hall–Kier alpha value is -3.60. The van der Waals surface area contributed by atoms with Crippen molar-refractivity contribution in [1.82, 2.24) is 30.0 Å². The number of nitrogens with one attached hydrogen (secondary N) is 1. The summed E-state index contributed by atoms with van der Waals surface area (Å²) >= 11 is 0. The summed E-state index contributed by atoms with van der Waals surface area (Å²) in [6, 6.07) is 3.67. The highest BCUT2D eigenvalue weighted by atomic mass is 16.5. The molecule has 3 atom stereocenters. The molecule has 3 N–H and O–H groups in total. The summed E-state index contributed by atoms with van der Waals surface area (Å²) in [5.41, 5.74) is 7.28. The Morgan fingerprint density at radius 3 is 2.64 bits per heavy atom. The van der Waals surface area contributed by atoms with Crippen molar-refractivity contribution in [3.8, 4) is 11.7 Å². The number of carbonyl (C=O) groups excluding carboxylic acids is 3. The molecular formula is C31H43N7O4. The zero-order valence-electron chi connectivity index (χ0n) is 25.2. The molecule has 1 saturated carbocycles. The first-order chi connectivity index (χ1) is 20.1. The fourth-order valence-corrected chi connectivity index (χ4v) is 6.75. The topological polar surface area (TPSA) is 145 Å². The van der Waals surface area contributed by atoms with Crippen molar-refractivity contribution in [3.63, 3.8) is 0 Å². The SMILES string of the molecule is CC(C)NC(=O)Cc1ccn(-c2cc(O[C@@H](C)[C@@H]3CCCN3C)nc(C(=O)C3=C(N)[C@]4(CCCCC4=O)CCC3)n2)n1. The Morgan fingerprint density at radius 2 is 1.93 bits per heavy atom. The molecule has 2 aromatic heterocycles. The minimum Gasteiger partial charge on any atom is -0.473 e. The summed E-state index contributed by atoms with van der Waals surface area (Å²) in [5, 5.41) is 7.42. The van der Waals surface area contributed by atoms with Crippen LogP contribution in [0.4, 0.5) is 0 Å². The van der Waals surface area contributed by atoms with Crippen LogP contribution in [0.1, 0.15) is 94.9 Å². The number of ether oxygens (including phenoxy) is 1. The molecule has 1 saturated heterocycles. The number of nitrogens with two attached hydrogens (primary N) is 1. The number of aromatic nitrogens is 4. The number of Topliss-reactive ketones (excluding diaryl/α,β-unsaturated/α-hetero) is 2. The van der Waals surface area contributed by atoms with E-state index in [-0.39, 0.29) is 53.8 Å². The minimum atomic E-state index is -0.756. The molecule has 0 aromatic carbocycles. The van der Waals surface area contributed by atoms with Crippen molar-refractivity contribution >= 4 is 17.5 Å². The van der Waals surface area contributed by atoms with Gasteiger partial charge >= 0.3 is 0 Å². The predicted octanol–water partition coefficient (Wildman–Crippen LogP) is 3.30. The minimum absolute atomic E-state index is 0.0280. The lowest BCUT2D eigenvalue weighted by atomic mass is 9.64. The van der Waals surface area contributed by atoms with Gasteiger partial charge in [-0.15, -0.1) is 0 Å². The van der Waals surface area contributed by atoms with E-state index in [1.807, 2.05) is 20.8 Å². The van der Waals surface area contributed by atoms with Crippen molar-refractivity contribution in [2.75, 3.05) is 13.6 Å².